The Morgan fingerprint density at radius 2 is 2.00 bits per heavy atom. The van der Waals surface area contributed by atoms with Crippen molar-refractivity contribution >= 4 is 39.3 Å². The third-order valence-corrected chi connectivity index (χ3v) is 3.89. The van der Waals surface area contributed by atoms with E-state index in [9.17, 15) is 5.11 Å². The molecule has 0 aliphatic carbocycles. The first kappa shape index (κ1) is 12.4. The number of anilines is 1. The van der Waals surface area contributed by atoms with E-state index < -0.39 is 0 Å². The minimum absolute atomic E-state index is 0.112. The normalized spacial score (nSPS) is 11.1. The summed E-state index contributed by atoms with van der Waals surface area (Å²) in [7, 11) is 0. The van der Waals surface area contributed by atoms with Crippen LogP contribution in [-0.4, -0.2) is 14.7 Å². The highest BCUT2D eigenvalue weighted by Crippen LogP contribution is 2.26. The number of nitrogens with two attached hydrogens (primary N) is 1. The van der Waals surface area contributed by atoms with Gasteiger partial charge in [-0.05, 0) is 52.9 Å². The van der Waals surface area contributed by atoms with E-state index in [0.717, 1.165) is 20.3 Å². The lowest BCUT2D eigenvalue weighted by atomic mass is 10.2. The van der Waals surface area contributed by atoms with Crippen molar-refractivity contribution in [1.29, 1.82) is 0 Å². The van der Waals surface area contributed by atoms with Crippen molar-refractivity contribution in [2.45, 2.75) is 6.61 Å². The Morgan fingerprint density at radius 3 is 2.74 bits per heavy atom. The molecule has 0 atom stereocenters. The molecule has 0 amide bonds. The van der Waals surface area contributed by atoms with Crippen LogP contribution in [0.5, 0.6) is 0 Å². The van der Waals surface area contributed by atoms with Crippen LogP contribution < -0.4 is 5.73 Å². The zero-order chi connectivity index (χ0) is 13.4. The molecule has 3 rings (SSSR count). The SMILES string of the molecule is Nc1ccc2c(c1)nc(CO)n2-c1ccccc1I. The van der Waals surface area contributed by atoms with Crippen molar-refractivity contribution in [2.24, 2.45) is 0 Å². The Labute approximate surface area is 124 Å². The Morgan fingerprint density at radius 1 is 1.21 bits per heavy atom. The fourth-order valence-corrected chi connectivity index (χ4v) is 2.78. The molecule has 0 spiro atoms. The second-order valence-corrected chi connectivity index (χ2v) is 5.38. The lowest BCUT2D eigenvalue weighted by Crippen LogP contribution is -2.02. The van der Waals surface area contributed by atoms with Gasteiger partial charge < -0.3 is 10.8 Å². The molecule has 0 aliphatic rings. The maximum Gasteiger partial charge on any atom is 0.140 e. The van der Waals surface area contributed by atoms with Gasteiger partial charge in [-0.1, -0.05) is 12.1 Å². The summed E-state index contributed by atoms with van der Waals surface area (Å²) >= 11 is 2.28. The number of para-hydroxylation sites is 1. The summed E-state index contributed by atoms with van der Waals surface area (Å²) in [5, 5.41) is 9.52. The van der Waals surface area contributed by atoms with E-state index >= 15 is 0 Å². The minimum Gasteiger partial charge on any atom is -0.399 e. The number of benzene rings is 2. The first-order valence-electron chi connectivity index (χ1n) is 5.83. The van der Waals surface area contributed by atoms with Gasteiger partial charge in [0.05, 0.1) is 16.7 Å². The Balaban J connectivity index is 2.36. The number of rotatable bonds is 2. The third kappa shape index (κ3) is 2.08. The number of hydrogen-bond donors (Lipinski definition) is 2. The van der Waals surface area contributed by atoms with Gasteiger partial charge in [-0.2, -0.15) is 0 Å². The first-order chi connectivity index (χ1) is 9.20. The van der Waals surface area contributed by atoms with Crippen molar-refractivity contribution in [3.63, 3.8) is 0 Å². The molecule has 0 aliphatic heterocycles. The van der Waals surface area contributed by atoms with Crippen LogP contribution in [0.1, 0.15) is 5.82 Å². The van der Waals surface area contributed by atoms with Crippen molar-refractivity contribution in [3.8, 4) is 5.69 Å². The van der Waals surface area contributed by atoms with Gasteiger partial charge in [0, 0.05) is 9.26 Å². The van der Waals surface area contributed by atoms with Gasteiger partial charge in [0.25, 0.3) is 0 Å². The molecule has 0 radical (unpaired) electrons. The summed E-state index contributed by atoms with van der Waals surface area (Å²) in [5.74, 6) is 0.615. The number of imidazole rings is 1. The fraction of sp³-hybridized carbons (Fsp3) is 0.0714. The molecule has 3 aromatic rings. The maximum absolute atomic E-state index is 9.52. The number of aliphatic hydroxyl groups is 1. The first-order valence-corrected chi connectivity index (χ1v) is 6.91. The van der Waals surface area contributed by atoms with Crippen molar-refractivity contribution in [2.75, 3.05) is 5.73 Å². The van der Waals surface area contributed by atoms with Crippen LogP contribution in [0.15, 0.2) is 42.5 Å². The molecule has 2 aromatic carbocycles. The number of hydrogen-bond acceptors (Lipinski definition) is 3. The van der Waals surface area contributed by atoms with Gasteiger partial charge in [-0.25, -0.2) is 4.98 Å². The van der Waals surface area contributed by atoms with Crippen LogP contribution in [0.3, 0.4) is 0 Å². The Hall–Kier alpha value is -1.60. The number of aliphatic hydroxyl groups excluding tert-OH is 1. The van der Waals surface area contributed by atoms with Crippen molar-refractivity contribution < 1.29 is 5.11 Å². The Bertz CT molecular complexity index is 752. The number of halogens is 1. The number of nitrogens with zero attached hydrogens (tertiary/aromatic N) is 2. The van der Waals surface area contributed by atoms with Gasteiger partial charge in [0.2, 0.25) is 0 Å². The monoisotopic (exact) mass is 365 g/mol. The highest BCUT2D eigenvalue weighted by Gasteiger charge is 2.13. The highest BCUT2D eigenvalue weighted by molar-refractivity contribution is 14.1. The molecule has 0 fully saturated rings. The molecule has 5 heteroatoms. The number of aromatic nitrogens is 2. The molecule has 0 unspecified atom stereocenters. The average Bonchev–Trinajstić information content (AvgIpc) is 2.76. The summed E-state index contributed by atoms with van der Waals surface area (Å²) in [6.07, 6.45) is 0. The van der Waals surface area contributed by atoms with E-state index in [1.165, 1.54) is 0 Å². The van der Waals surface area contributed by atoms with E-state index in [-0.39, 0.29) is 6.61 Å². The maximum atomic E-state index is 9.52. The molecule has 0 saturated carbocycles. The second kappa shape index (κ2) is 4.82. The summed E-state index contributed by atoms with van der Waals surface area (Å²) in [6.45, 7) is -0.112. The molecular formula is C14H12IN3O. The zero-order valence-electron chi connectivity index (χ0n) is 10.0. The van der Waals surface area contributed by atoms with E-state index in [2.05, 4.69) is 27.6 Å². The largest absolute Gasteiger partial charge is 0.399 e. The zero-order valence-corrected chi connectivity index (χ0v) is 12.2. The van der Waals surface area contributed by atoms with Crippen LogP contribution in [0.4, 0.5) is 5.69 Å². The summed E-state index contributed by atoms with van der Waals surface area (Å²) < 4.78 is 3.07. The van der Waals surface area contributed by atoms with Gasteiger partial charge in [-0.15, -0.1) is 0 Å². The quantitative estimate of drug-likeness (QED) is 0.542. The van der Waals surface area contributed by atoms with E-state index in [4.69, 9.17) is 5.73 Å². The van der Waals surface area contributed by atoms with Gasteiger partial charge >= 0.3 is 0 Å². The predicted octanol–water partition coefficient (Wildman–Crippen LogP) is 2.70. The third-order valence-electron chi connectivity index (χ3n) is 2.98. The summed E-state index contributed by atoms with van der Waals surface area (Å²) in [4.78, 5) is 4.44. The smallest absolute Gasteiger partial charge is 0.140 e. The number of nitrogen functional groups attached to an aromatic ring is 1. The molecule has 96 valence electrons. The lowest BCUT2D eigenvalue weighted by molar-refractivity contribution is 0.270. The minimum atomic E-state index is -0.112. The van der Waals surface area contributed by atoms with Gasteiger partial charge in [-0.3, -0.25) is 4.57 Å². The molecule has 1 heterocycles. The van der Waals surface area contributed by atoms with E-state index in [1.54, 1.807) is 0 Å². The molecule has 19 heavy (non-hydrogen) atoms. The van der Waals surface area contributed by atoms with E-state index in [0.29, 0.717) is 11.5 Å². The van der Waals surface area contributed by atoms with Crippen LogP contribution in [0, 0.1) is 3.57 Å². The van der Waals surface area contributed by atoms with Crippen molar-refractivity contribution in [3.05, 3.63) is 51.9 Å². The number of fused-ring (bicyclic) bond motifs is 1. The van der Waals surface area contributed by atoms with Crippen LogP contribution in [-0.2, 0) is 6.61 Å². The van der Waals surface area contributed by atoms with Crippen LogP contribution >= 0.6 is 22.6 Å². The van der Waals surface area contributed by atoms with Gasteiger partial charge in [0.1, 0.15) is 12.4 Å². The molecular weight excluding hydrogens is 353 g/mol. The fourth-order valence-electron chi connectivity index (χ4n) is 2.16. The van der Waals surface area contributed by atoms with Crippen molar-refractivity contribution in [1.82, 2.24) is 9.55 Å². The predicted molar refractivity (Wildman–Crippen MR) is 84.1 cm³/mol. The van der Waals surface area contributed by atoms with Crippen LogP contribution in [0.25, 0.3) is 16.7 Å². The topological polar surface area (TPSA) is 64.1 Å². The second-order valence-electron chi connectivity index (χ2n) is 4.22. The standard InChI is InChI=1S/C14H12IN3O/c15-10-3-1-2-4-12(10)18-13-6-5-9(16)7-11(13)17-14(18)8-19/h1-7,19H,8,16H2. The molecule has 1 aromatic heterocycles. The molecule has 0 bridgehead atoms. The van der Waals surface area contributed by atoms with Gasteiger partial charge in [0.15, 0.2) is 0 Å². The molecule has 4 nitrogen and oxygen atoms in total. The summed E-state index contributed by atoms with van der Waals surface area (Å²) in [5.41, 5.74) is 9.21. The van der Waals surface area contributed by atoms with Crippen LogP contribution in [0.2, 0.25) is 0 Å². The summed E-state index contributed by atoms with van der Waals surface area (Å²) in [6, 6.07) is 13.6. The Kier molecular flexibility index (Phi) is 3.16. The average molecular weight is 365 g/mol. The molecule has 0 saturated heterocycles. The highest BCUT2D eigenvalue weighted by atomic mass is 127. The lowest BCUT2D eigenvalue weighted by Gasteiger charge is -2.09. The molecule has 3 N–H and O–H groups in total. The van der Waals surface area contributed by atoms with E-state index in [1.807, 2.05) is 47.0 Å².